The number of nitrogens with one attached hydrogen (secondary N) is 2. The third kappa shape index (κ3) is 3.90. The number of rotatable bonds is 6. The zero-order valence-electron chi connectivity index (χ0n) is 12.6. The van der Waals surface area contributed by atoms with E-state index in [9.17, 15) is 9.59 Å². The standard InChI is InChI=1S/C17H18N2O3S/c20-16(14-11-12-5-1-2-6-13(12)22-14)18-8-4-9-19-17(21)15-7-3-10-23-15/h1-3,5-7,10,14H,4,8-9,11H2,(H,18,20)(H,19,21)/t14-/m1/s1. The first-order valence-corrected chi connectivity index (χ1v) is 8.46. The Morgan fingerprint density at radius 1 is 1.13 bits per heavy atom. The molecule has 120 valence electrons. The molecule has 0 radical (unpaired) electrons. The van der Waals surface area contributed by atoms with Crippen molar-refractivity contribution in [1.29, 1.82) is 0 Å². The highest BCUT2D eigenvalue weighted by Gasteiger charge is 2.28. The van der Waals surface area contributed by atoms with Crippen LogP contribution >= 0.6 is 11.3 Å². The maximum atomic E-state index is 12.1. The molecule has 0 bridgehead atoms. The van der Waals surface area contributed by atoms with Crippen molar-refractivity contribution in [2.45, 2.75) is 18.9 Å². The summed E-state index contributed by atoms with van der Waals surface area (Å²) in [7, 11) is 0. The number of thiophene rings is 1. The number of ether oxygens (including phenoxy) is 1. The van der Waals surface area contributed by atoms with Gasteiger partial charge in [-0.15, -0.1) is 11.3 Å². The van der Waals surface area contributed by atoms with Gasteiger partial charge in [-0.1, -0.05) is 24.3 Å². The Kier molecular flexibility index (Phi) is 4.92. The third-order valence-electron chi connectivity index (χ3n) is 3.62. The summed E-state index contributed by atoms with van der Waals surface area (Å²) in [5.41, 5.74) is 1.07. The molecule has 23 heavy (non-hydrogen) atoms. The molecular formula is C17H18N2O3S. The van der Waals surface area contributed by atoms with Crippen molar-refractivity contribution in [3.8, 4) is 5.75 Å². The van der Waals surface area contributed by atoms with Crippen LogP contribution in [0.4, 0.5) is 0 Å². The maximum Gasteiger partial charge on any atom is 0.261 e. The number of carbonyl (C=O) groups excluding carboxylic acids is 2. The molecule has 0 spiro atoms. The van der Waals surface area contributed by atoms with Crippen LogP contribution in [-0.4, -0.2) is 31.0 Å². The lowest BCUT2D eigenvalue weighted by molar-refractivity contribution is -0.127. The molecule has 2 heterocycles. The van der Waals surface area contributed by atoms with E-state index in [0.717, 1.165) is 11.3 Å². The van der Waals surface area contributed by atoms with Crippen LogP contribution in [0.3, 0.4) is 0 Å². The predicted molar refractivity (Wildman–Crippen MR) is 88.8 cm³/mol. The fraction of sp³-hybridized carbons (Fsp3) is 0.294. The van der Waals surface area contributed by atoms with E-state index in [1.807, 2.05) is 35.7 Å². The van der Waals surface area contributed by atoms with E-state index in [1.165, 1.54) is 11.3 Å². The fourth-order valence-corrected chi connectivity index (χ4v) is 3.08. The van der Waals surface area contributed by atoms with E-state index in [4.69, 9.17) is 4.74 Å². The highest BCUT2D eigenvalue weighted by atomic mass is 32.1. The molecule has 1 aliphatic heterocycles. The van der Waals surface area contributed by atoms with Crippen molar-refractivity contribution < 1.29 is 14.3 Å². The second-order valence-corrected chi connectivity index (χ2v) is 6.24. The smallest absolute Gasteiger partial charge is 0.261 e. The number of benzene rings is 1. The number of carbonyl (C=O) groups is 2. The van der Waals surface area contributed by atoms with Crippen molar-refractivity contribution in [1.82, 2.24) is 10.6 Å². The minimum atomic E-state index is -0.451. The molecule has 0 aliphatic carbocycles. The Bertz CT molecular complexity index is 660. The molecule has 0 unspecified atom stereocenters. The van der Waals surface area contributed by atoms with Gasteiger partial charge in [0.25, 0.3) is 11.8 Å². The second-order valence-electron chi connectivity index (χ2n) is 5.30. The normalized spacial score (nSPS) is 15.6. The number of hydrogen-bond donors (Lipinski definition) is 2. The summed E-state index contributed by atoms with van der Waals surface area (Å²) in [6.07, 6.45) is 0.840. The largest absolute Gasteiger partial charge is 0.480 e. The first-order chi connectivity index (χ1) is 11.2. The van der Waals surface area contributed by atoms with Gasteiger partial charge in [-0.2, -0.15) is 0 Å². The molecule has 6 heteroatoms. The molecule has 2 amide bonds. The Morgan fingerprint density at radius 3 is 2.74 bits per heavy atom. The molecule has 2 N–H and O–H groups in total. The van der Waals surface area contributed by atoms with Crippen molar-refractivity contribution in [3.05, 3.63) is 52.2 Å². The summed E-state index contributed by atoms with van der Waals surface area (Å²) >= 11 is 1.41. The van der Waals surface area contributed by atoms with E-state index in [-0.39, 0.29) is 11.8 Å². The molecule has 1 aromatic heterocycles. The number of hydrogen-bond acceptors (Lipinski definition) is 4. The Labute approximate surface area is 138 Å². The summed E-state index contributed by atoms with van der Waals surface area (Å²) in [6.45, 7) is 1.04. The monoisotopic (exact) mass is 330 g/mol. The van der Waals surface area contributed by atoms with Crippen LogP contribution in [0.5, 0.6) is 5.75 Å². The van der Waals surface area contributed by atoms with Gasteiger partial charge in [-0.25, -0.2) is 0 Å². The molecule has 2 aromatic rings. The van der Waals surface area contributed by atoms with E-state index >= 15 is 0 Å². The molecule has 0 saturated carbocycles. The van der Waals surface area contributed by atoms with E-state index in [1.54, 1.807) is 6.07 Å². The summed E-state index contributed by atoms with van der Waals surface area (Å²) in [5.74, 6) is 0.613. The summed E-state index contributed by atoms with van der Waals surface area (Å²) in [4.78, 5) is 24.5. The van der Waals surface area contributed by atoms with E-state index in [2.05, 4.69) is 10.6 Å². The van der Waals surface area contributed by atoms with Gasteiger partial charge in [0.2, 0.25) is 0 Å². The average molecular weight is 330 g/mol. The molecule has 0 fully saturated rings. The van der Waals surface area contributed by atoms with Gasteiger partial charge < -0.3 is 15.4 Å². The highest BCUT2D eigenvalue weighted by molar-refractivity contribution is 7.12. The first kappa shape index (κ1) is 15.6. The van der Waals surface area contributed by atoms with Crippen LogP contribution in [0.15, 0.2) is 41.8 Å². The summed E-state index contributed by atoms with van der Waals surface area (Å²) < 4.78 is 5.63. The molecule has 0 saturated heterocycles. The van der Waals surface area contributed by atoms with E-state index < -0.39 is 6.10 Å². The Morgan fingerprint density at radius 2 is 1.96 bits per heavy atom. The molecule has 5 nitrogen and oxygen atoms in total. The lowest BCUT2D eigenvalue weighted by Crippen LogP contribution is -2.38. The maximum absolute atomic E-state index is 12.1. The zero-order valence-corrected chi connectivity index (χ0v) is 13.4. The topological polar surface area (TPSA) is 67.4 Å². The minimum absolute atomic E-state index is 0.0686. The quantitative estimate of drug-likeness (QED) is 0.796. The minimum Gasteiger partial charge on any atom is -0.480 e. The van der Waals surface area contributed by atoms with Crippen LogP contribution in [0, 0.1) is 0 Å². The van der Waals surface area contributed by atoms with Gasteiger partial charge in [0.05, 0.1) is 4.88 Å². The fourth-order valence-electron chi connectivity index (χ4n) is 2.44. The van der Waals surface area contributed by atoms with Crippen LogP contribution in [0.2, 0.25) is 0 Å². The van der Waals surface area contributed by atoms with Crippen molar-refractivity contribution in [2.75, 3.05) is 13.1 Å². The van der Waals surface area contributed by atoms with Gasteiger partial charge >= 0.3 is 0 Å². The molecule has 1 atom stereocenters. The zero-order chi connectivity index (χ0) is 16.1. The lowest BCUT2D eigenvalue weighted by Gasteiger charge is -2.11. The number of para-hydroxylation sites is 1. The summed E-state index contributed by atoms with van der Waals surface area (Å²) in [5, 5.41) is 7.56. The third-order valence-corrected chi connectivity index (χ3v) is 4.49. The molecule has 1 aromatic carbocycles. The average Bonchev–Trinajstić information content (AvgIpc) is 3.23. The SMILES string of the molecule is O=C(NCCCNC(=O)[C@H]1Cc2ccccc2O1)c1cccs1. The lowest BCUT2D eigenvalue weighted by atomic mass is 10.1. The second kappa shape index (κ2) is 7.28. The Hall–Kier alpha value is -2.34. The van der Waals surface area contributed by atoms with E-state index in [0.29, 0.717) is 30.8 Å². The van der Waals surface area contributed by atoms with Crippen LogP contribution in [-0.2, 0) is 11.2 Å². The van der Waals surface area contributed by atoms with Gasteiger partial charge in [0.1, 0.15) is 5.75 Å². The molecule has 1 aliphatic rings. The van der Waals surface area contributed by atoms with Gasteiger partial charge in [-0.05, 0) is 29.5 Å². The van der Waals surface area contributed by atoms with Gasteiger partial charge in [-0.3, -0.25) is 9.59 Å². The first-order valence-electron chi connectivity index (χ1n) is 7.58. The highest BCUT2D eigenvalue weighted by Crippen LogP contribution is 2.27. The van der Waals surface area contributed by atoms with Crippen LogP contribution in [0.1, 0.15) is 21.7 Å². The predicted octanol–water partition coefficient (Wildman–Crippen LogP) is 1.99. The van der Waals surface area contributed by atoms with Gasteiger partial charge in [0, 0.05) is 19.5 Å². The van der Waals surface area contributed by atoms with Crippen LogP contribution in [0.25, 0.3) is 0 Å². The summed E-state index contributed by atoms with van der Waals surface area (Å²) in [6, 6.07) is 11.3. The van der Waals surface area contributed by atoms with Crippen molar-refractivity contribution in [3.63, 3.8) is 0 Å². The van der Waals surface area contributed by atoms with Crippen molar-refractivity contribution >= 4 is 23.2 Å². The number of amides is 2. The number of fused-ring (bicyclic) bond motifs is 1. The Balaban J connectivity index is 1.34. The molecule has 3 rings (SSSR count). The van der Waals surface area contributed by atoms with Crippen molar-refractivity contribution in [2.24, 2.45) is 0 Å². The van der Waals surface area contributed by atoms with Crippen LogP contribution < -0.4 is 15.4 Å². The van der Waals surface area contributed by atoms with Gasteiger partial charge in [0.15, 0.2) is 6.10 Å². The molecular weight excluding hydrogens is 312 g/mol.